The Morgan fingerprint density at radius 1 is 0.297 bits per heavy atom. The summed E-state index contributed by atoms with van der Waals surface area (Å²) in [5, 5.41) is 5.49. The molecule has 0 saturated heterocycles. The maximum atomic E-state index is 6.05. The van der Waals surface area contributed by atoms with E-state index in [1.807, 2.05) is 80.0 Å². The summed E-state index contributed by atoms with van der Waals surface area (Å²) < 4.78 is 63.8. The lowest BCUT2D eigenvalue weighted by Crippen LogP contribution is -2.37. The predicted molar refractivity (Wildman–Crippen MR) is 597 cm³/mol. The number of aryl methyl sites for hydroxylation is 23. The van der Waals surface area contributed by atoms with Gasteiger partial charge in [-0.2, -0.15) is 18.3 Å². The molecule has 25 heteroatoms. The van der Waals surface area contributed by atoms with E-state index in [9.17, 15) is 0 Å². The van der Waals surface area contributed by atoms with Crippen LogP contribution >= 0.6 is 34.0 Å². The van der Waals surface area contributed by atoms with Crippen LogP contribution in [0.1, 0.15) is 96.1 Å². The number of para-hydroxylation sites is 12. The van der Waals surface area contributed by atoms with E-state index in [1.165, 1.54) is 186 Å². The predicted octanol–water partition coefficient (Wildman–Crippen LogP) is 28.6. The molecule has 13 aromatic carbocycles. The number of nitrogens with zero attached hydrogens (tertiary/aromatic N) is 16. The van der Waals surface area contributed by atoms with Crippen LogP contribution in [-0.2, 0) is 42.3 Å². The highest BCUT2D eigenvalue weighted by Crippen LogP contribution is 2.48. The minimum atomic E-state index is 0.480. The van der Waals surface area contributed by atoms with Gasteiger partial charge in [-0.15, -0.1) is 32.0 Å². The zero-order valence-electron chi connectivity index (χ0n) is 87.1. The lowest BCUT2D eigenvalue weighted by Gasteiger charge is -2.11. The number of hydrogen-bond acceptors (Lipinski definition) is 14. The highest BCUT2D eigenvalue weighted by molar-refractivity contribution is 7.26. The van der Waals surface area contributed by atoms with Crippen LogP contribution in [0.2, 0.25) is 0 Å². The summed E-state index contributed by atoms with van der Waals surface area (Å²) in [4.78, 5) is 26.1. The van der Waals surface area contributed by atoms with Crippen molar-refractivity contribution in [3.63, 3.8) is 0 Å². The molecule has 0 radical (unpaired) electrons. The van der Waals surface area contributed by atoms with Gasteiger partial charge < -0.3 is 31.1 Å². The molecule has 0 spiro atoms. The van der Waals surface area contributed by atoms with Crippen molar-refractivity contribution in [2.24, 2.45) is 42.3 Å². The van der Waals surface area contributed by atoms with Crippen LogP contribution in [0, 0.1) is 118 Å². The fraction of sp³-hybridized carbons (Fsp3) is 0.187. The van der Waals surface area contributed by atoms with Crippen LogP contribution in [-0.4, -0.2) is 52.4 Å². The number of oxazole rings is 4. The monoisotopic (exact) mass is 2000 g/mol. The van der Waals surface area contributed by atoms with Gasteiger partial charge in [0, 0.05) is 61.7 Å². The van der Waals surface area contributed by atoms with E-state index in [4.69, 9.17) is 31.5 Å². The normalized spacial score (nSPS) is 11.9. The first-order valence-electron chi connectivity index (χ1n) is 49.8. The highest BCUT2D eigenvalue weighted by Gasteiger charge is 2.38. The molecule has 0 aliphatic heterocycles. The summed E-state index contributed by atoms with van der Waals surface area (Å²) in [5.74, 6) is 9.35. The molecule has 15 aromatic heterocycles. The van der Waals surface area contributed by atoms with Crippen LogP contribution in [0.3, 0.4) is 0 Å². The van der Waals surface area contributed by atoms with Gasteiger partial charge in [0.25, 0.3) is 23.3 Å². The molecule has 0 saturated carbocycles. The Balaban J connectivity index is 0.0000000996. The molecule has 0 fully saturated rings. The fourth-order valence-electron chi connectivity index (χ4n) is 22.4. The molecule has 0 aliphatic carbocycles. The Labute approximate surface area is 865 Å². The maximum Gasteiger partial charge on any atom is 0.319 e. The molecule has 0 bridgehead atoms. The lowest BCUT2D eigenvalue weighted by molar-refractivity contribution is -0.744. The first kappa shape index (κ1) is 93.6. The summed E-state index contributed by atoms with van der Waals surface area (Å²) in [6.45, 7) is 35.7. The third kappa shape index (κ3) is 14.9. The number of fused-ring (bicyclic) bond motifs is 19. The third-order valence-electron chi connectivity index (χ3n) is 29.5. The average molecular weight is 2010 g/mol. The fourth-order valence-corrected chi connectivity index (χ4v) is 26.0. The second-order valence-electron chi connectivity index (χ2n) is 39.3. The molecule has 0 unspecified atom stereocenters. The van der Waals surface area contributed by atoms with Gasteiger partial charge in [0.15, 0.2) is 114 Å². The van der Waals surface area contributed by atoms with Gasteiger partial charge in [0.2, 0.25) is 4.90 Å². The second kappa shape index (κ2) is 35.9. The highest BCUT2D eigenvalue weighted by atomic mass is 32.1. The molecule has 0 amide bonds. The molecule has 28 aromatic rings. The van der Waals surface area contributed by atoms with Crippen LogP contribution in [0.25, 0.3) is 224 Å². The Morgan fingerprint density at radius 3 is 1.26 bits per heavy atom. The van der Waals surface area contributed by atoms with Gasteiger partial charge in [-0.1, -0.05) is 157 Å². The maximum absolute atomic E-state index is 6.05. The van der Waals surface area contributed by atoms with Crippen LogP contribution in [0.4, 0.5) is 0 Å². The van der Waals surface area contributed by atoms with E-state index in [1.54, 1.807) is 22.7 Å². The molecule has 28 rings (SSSR count). The number of hydrogen-bond donors (Lipinski definition) is 0. The number of furan rings is 2. The van der Waals surface area contributed by atoms with Crippen LogP contribution in [0.15, 0.2) is 282 Å². The molecule has 0 atom stereocenters. The van der Waals surface area contributed by atoms with Crippen molar-refractivity contribution in [1.29, 1.82) is 0 Å². The van der Waals surface area contributed by atoms with Crippen molar-refractivity contribution in [3.05, 3.63) is 351 Å². The van der Waals surface area contributed by atoms with Crippen molar-refractivity contribution in [1.82, 2.24) is 52.4 Å². The smallest absolute Gasteiger partial charge is 0.319 e. The van der Waals surface area contributed by atoms with E-state index >= 15 is 0 Å². The molecule has 22 nitrogen and oxygen atoms in total. The van der Waals surface area contributed by atoms with Gasteiger partial charge in [0.05, 0.1) is 76.8 Å². The summed E-state index contributed by atoms with van der Waals surface area (Å²) >= 11 is 5.24. The van der Waals surface area contributed by atoms with Gasteiger partial charge in [0.1, 0.15) is 50.0 Å². The summed E-state index contributed by atoms with van der Waals surface area (Å²) in [6, 6.07) is 86.4. The van der Waals surface area contributed by atoms with Gasteiger partial charge >= 0.3 is 11.6 Å². The van der Waals surface area contributed by atoms with E-state index < -0.39 is 0 Å². The molecule has 732 valence electrons. The first-order valence-corrected chi connectivity index (χ1v) is 52.2. The van der Waals surface area contributed by atoms with E-state index in [0.29, 0.717) is 29.2 Å². The number of benzene rings is 13. The molecule has 0 aliphatic rings. The Kier molecular flexibility index (Phi) is 22.7. The van der Waals surface area contributed by atoms with E-state index in [-0.39, 0.29) is 0 Å². The minimum Gasteiger partial charge on any atom is -0.439 e. The molecular formula is C123H111N16O6S3+5. The largest absolute Gasteiger partial charge is 0.439 e. The van der Waals surface area contributed by atoms with E-state index in [2.05, 4.69) is 417 Å². The van der Waals surface area contributed by atoms with Crippen LogP contribution in [0.5, 0.6) is 0 Å². The van der Waals surface area contributed by atoms with Gasteiger partial charge in [-0.25, -0.2) is 43.2 Å². The first-order chi connectivity index (χ1) is 71.4. The van der Waals surface area contributed by atoms with Gasteiger partial charge in [-0.05, 0) is 248 Å². The number of aromatic nitrogens is 16. The van der Waals surface area contributed by atoms with Crippen molar-refractivity contribution in [3.8, 4) is 74.0 Å². The Hall–Kier alpha value is -16.7. The van der Waals surface area contributed by atoms with Crippen molar-refractivity contribution in [2.75, 3.05) is 0 Å². The number of imidazole rings is 5. The summed E-state index contributed by atoms with van der Waals surface area (Å²) in [7, 11) is 12.7. The standard InChI is InChI=1S/C27H25N4S.C27H24N3O2.2C27H24N3OS.C15H14N3O2/c1-16-10-6-7-11-20(16)31-22-13-9-8-12-21(22)30(5)26(31)23-17(2)14-15-19-24-27(32-25(19)23)29(4)18(3)28-24;2*1-15-9-8-10-16(2)25(15)30-22-12-7-6-11-21(22)29(5)26(30)19-14-23-20(13-17(19)3)24-27(32-23)31-18(4)28-24;1-15-13-14-19-24-26(28-18(4)31-24)32-25(19)22(15)27-29(5)20-11-6-7-12-21(20)30(27)23-16(2)9-8-10-17(23)3;1-9-5-6-11-12-15(19-10(2)16-12)20-14(11)13(9)18-8-4-7-17(18)3/h6-15H,1-5H3;3*6-14H,1-5H3;4-8H,1-3H3/q5*+1. The third-order valence-corrected chi connectivity index (χ3v) is 32.9. The van der Waals surface area contributed by atoms with E-state index in [0.717, 1.165) is 105 Å². The molecule has 0 N–H and O–H groups in total. The van der Waals surface area contributed by atoms with Crippen molar-refractivity contribution in [2.45, 2.75) is 118 Å². The van der Waals surface area contributed by atoms with Crippen molar-refractivity contribution >= 4 is 184 Å². The molecule has 148 heavy (non-hydrogen) atoms. The zero-order valence-corrected chi connectivity index (χ0v) is 89.5. The Morgan fingerprint density at radius 2 is 0.723 bits per heavy atom. The Bertz CT molecular complexity index is 10000. The van der Waals surface area contributed by atoms with Crippen LogP contribution < -0.4 is 23.0 Å². The number of thiophene rings is 3. The van der Waals surface area contributed by atoms with Gasteiger partial charge in [-0.3, -0.25) is 0 Å². The van der Waals surface area contributed by atoms with Crippen molar-refractivity contribution < 1.29 is 49.5 Å². The second-order valence-corrected chi connectivity index (χ2v) is 42.3. The summed E-state index contributed by atoms with van der Waals surface area (Å²) in [5.41, 5.74) is 41.3. The topological polar surface area (TPSA) is 192 Å². The summed E-state index contributed by atoms with van der Waals surface area (Å²) in [6.07, 6.45) is 4.00. The zero-order chi connectivity index (χ0) is 102. The molecule has 15 heterocycles. The number of rotatable bonds is 9. The lowest BCUT2D eigenvalue weighted by atomic mass is 10.0. The average Bonchev–Trinajstić information content (AvgIpc) is 1.56. The molecular weight excluding hydrogens is 1890 g/mol. The minimum absolute atomic E-state index is 0.480. The quantitative estimate of drug-likeness (QED) is 0.125. The SMILES string of the molecule is Cc1ccccc1-n1c(-c2c(C)ccc3c2sc2c3nc(C)n2C)[n+](C)c2ccccc21.Cc1nc2c(o1)oc1c(-n3ccc[n+]3C)c(C)ccc12.Cc1nc2c(o1)oc1cc(-c3n(-c4c(C)cccc4C)c4ccccc4[n+]3C)c(C)cc12.Cc1nc2c(o1)sc1cc(-c3n(-c4c(C)cccc4C)c4ccccc4[n+]3C)c(C)cc12.Cc1nc2sc3c(-c4n(-c5c(C)cccc5C)c5ccccc5[n+]4C)c(C)ccc3c2o1.